The SMILES string of the molecule is C[C@@H]1CCCN(C2Cc3ccccc3C2)C1. The van der Waals surface area contributed by atoms with Gasteiger partial charge in [0, 0.05) is 12.6 Å². The van der Waals surface area contributed by atoms with Crippen molar-refractivity contribution in [1.82, 2.24) is 4.90 Å². The highest BCUT2D eigenvalue weighted by atomic mass is 15.2. The molecule has 1 aromatic rings. The van der Waals surface area contributed by atoms with Gasteiger partial charge < -0.3 is 0 Å². The molecule has 0 N–H and O–H groups in total. The summed E-state index contributed by atoms with van der Waals surface area (Å²) in [5, 5.41) is 0. The van der Waals surface area contributed by atoms with Crippen LogP contribution in [0.25, 0.3) is 0 Å². The Kier molecular flexibility index (Phi) is 2.72. The topological polar surface area (TPSA) is 3.24 Å². The van der Waals surface area contributed by atoms with E-state index in [1.54, 1.807) is 11.1 Å². The number of likely N-dealkylation sites (tertiary alicyclic amines) is 1. The lowest BCUT2D eigenvalue weighted by Gasteiger charge is -2.35. The van der Waals surface area contributed by atoms with E-state index in [9.17, 15) is 0 Å². The molecule has 0 amide bonds. The average molecular weight is 215 g/mol. The molecule has 1 aliphatic carbocycles. The first-order chi connectivity index (χ1) is 7.83. The molecule has 0 spiro atoms. The van der Waals surface area contributed by atoms with Crippen molar-refractivity contribution < 1.29 is 0 Å². The van der Waals surface area contributed by atoms with Crippen molar-refractivity contribution in [1.29, 1.82) is 0 Å². The van der Waals surface area contributed by atoms with Crippen LogP contribution < -0.4 is 0 Å². The van der Waals surface area contributed by atoms with Crippen LogP contribution in [0.4, 0.5) is 0 Å². The quantitative estimate of drug-likeness (QED) is 0.696. The summed E-state index contributed by atoms with van der Waals surface area (Å²) in [6.07, 6.45) is 5.38. The van der Waals surface area contributed by atoms with E-state index in [2.05, 4.69) is 36.1 Å². The number of hydrogen-bond acceptors (Lipinski definition) is 1. The van der Waals surface area contributed by atoms with Gasteiger partial charge in [-0.3, -0.25) is 4.90 Å². The maximum atomic E-state index is 2.73. The number of rotatable bonds is 1. The zero-order chi connectivity index (χ0) is 11.0. The normalized spacial score (nSPS) is 26.9. The second-order valence-corrected chi connectivity index (χ2v) is 5.57. The zero-order valence-corrected chi connectivity index (χ0v) is 10.2. The molecule has 0 aromatic heterocycles. The van der Waals surface area contributed by atoms with E-state index >= 15 is 0 Å². The Morgan fingerprint density at radius 2 is 1.81 bits per heavy atom. The third-order valence-corrected chi connectivity index (χ3v) is 4.23. The molecule has 0 bridgehead atoms. The Balaban J connectivity index is 1.71. The van der Waals surface area contributed by atoms with Crippen molar-refractivity contribution in [3.63, 3.8) is 0 Å². The molecule has 1 fully saturated rings. The Bertz CT molecular complexity index is 346. The molecule has 1 atom stereocenters. The Labute approximate surface area is 98.5 Å². The summed E-state index contributed by atoms with van der Waals surface area (Å²) in [6.45, 7) is 5.04. The molecule has 1 saturated heterocycles. The highest BCUT2D eigenvalue weighted by Crippen LogP contribution is 2.28. The molecule has 86 valence electrons. The predicted molar refractivity (Wildman–Crippen MR) is 67.6 cm³/mol. The van der Waals surface area contributed by atoms with Crippen molar-refractivity contribution in [3.05, 3.63) is 35.4 Å². The van der Waals surface area contributed by atoms with Crippen LogP contribution in [0.3, 0.4) is 0 Å². The van der Waals surface area contributed by atoms with E-state index in [4.69, 9.17) is 0 Å². The monoisotopic (exact) mass is 215 g/mol. The lowest BCUT2D eigenvalue weighted by Crippen LogP contribution is -2.42. The molecule has 2 aliphatic rings. The smallest absolute Gasteiger partial charge is 0.0176 e. The molecule has 0 saturated carbocycles. The maximum Gasteiger partial charge on any atom is 0.0176 e. The summed E-state index contributed by atoms with van der Waals surface area (Å²) >= 11 is 0. The number of fused-ring (bicyclic) bond motifs is 1. The maximum absolute atomic E-state index is 2.73. The van der Waals surface area contributed by atoms with E-state index in [0.717, 1.165) is 12.0 Å². The largest absolute Gasteiger partial charge is 0.299 e. The fourth-order valence-corrected chi connectivity index (χ4v) is 3.35. The van der Waals surface area contributed by atoms with Crippen molar-refractivity contribution in [2.75, 3.05) is 13.1 Å². The minimum absolute atomic E-state index is 0.792. The van der Waals surface area contributed by atoms with E-state index in [1.807, 2.05) is 0 Å². The Hall–Kier alpha value is -0.820. The van der Waals surface area contributed by atoms with Gasteiger partial charge in [-0.1, -0.05) is 31.2 Å². The van der Waals surface area contributed by atoms with Crippen LogP contribution in [0.2, 0.25) is 0 Å². The first-order valence-corrected chi connectivity index (χ1v) is 6.64. The van der Waals surface area contributed by atoms with Gasteiger partial charge in [-0.05, 0) is 49.3 Å². The van der Waals surface area contributed by atoms with Gasteiger partial charge in [-0.25, -0.2) is 0 Å². The number of piperidine rings is 1. The Morgan fingerprint density at radius 3 is 2.44 bits per heavy atom. The van der Waals surface area contributed by atoms with Crippen molar-refractivity contribution in [2.24, 2.45) is 5.92 Å². The first-order valence-electron chi connectivity index (χ1n) is 6.64. The van der Waals surface area contributed by atoms with Crippen molar-refractivity contribution in [3.8, 4) is 0 Å². The minimum atomic E-state index is 0.792. The molecule has 1 aliphatic heterocycles. The predicted octanol–water partition coefficient (Wildman–Crippen LogP) is 2.89. The Morgan fingerprint density at radius 1 is 1.12 bits per heavy atom. The molecule has 0 unspecified atom stereocenters. The standard InChI is InChI=1S/C15H21N/c1-12-5-4-8-16(11-12)15-9-13-6-2-3-7-14(13)10-15/h2-3,6-7,12,15H,4-5,8-11H2,1H3/t12-/m1/s1. The summed E-state index contributed by atoms with van der Waals surface area (Å²) in [7, 11) is 0. The van der Waals surface area contributed by atoms with Crippen LogP contribution in [-0.4, -0.2) is 24.0 Å². The van der Waals surface area contributed by atoms with Crippen LogP contribution in [-0.2, 0) is 12.8 Å². The molecule has 0 radical (unpaired) electrons. The second-order valence-electron chi connectivity index (χ2n) is 5.57. The summed E-state index contributed by atoms with van der Waals surface area (Å²) in [6, 6.07) is 9.77. The first kappa shape index (κ1) is 10.3. The van der Waals surface area contributed by atoms with Gasteiger partial charge in [-0.15, -0.1) is 0 Å². The average Bonchev–Trinajstić information content (AvgIpc) is 2.72. The molecule has 3 rings (SSSR count). The summed E-state index contributed by atoms with van der Waals surface area (Å²) in [4.78, 5) is 2.73. The lowest BCUT2D eigenvalue weighted by molar-refractivity contribution is 0.134. The molecular weight excluding hydrogens is 194 g/mol. The summed E-state index contributed by atoms with van der Waals surface area (Å²) < 4.78 is 0. The molecule has 1 aromatic carbocycles. The highest BCUT2D eigenvalue weighted by Gasteiger charge is 2.28. The third-order valence-electron chi connectivity index (χ3n) is 4.23. The molecule has 16 heavy (non-hydrogen) atoms. The number of benzene rings is 1. The zero-order valence-electron chi connectivity index (χ0n) is 10.2. The second kappa shape index (κ2) is 4.21. The van der Waals surface area contributed by atoms with Crippen LogP contribution in [0.15, 0.2) is 24.3 Å². The minimum Gasteiger partial charge on any atom is -0.299 e. The molecule has 1 heterocycles. The highest BCUT2D eigenvalue weighted by molar-refractivity contribution is 5.33. The van der Waals surface area contributed by atoms with Gasteiger partial charge in [0.25, 0.3) is 0 Å². The van der Waals surface area contributed by atoms with Crippen LogP contribution in [0.1, 0.15) is 30.9 Å². The van der Waals surface area contributed by atoms with Crippen LogP contribution >= 0.6 is 0 Å². The van der Waals surface area contributed by atoms with Gasteiger partial charge in [-0.2, -0.15) is 0 Å². The third kappa shape index (κ3) is 1.89. The van der Waals surface area contributed by atoms with Gasteiger partial charge in [0.1, 0.15) is 0 Å². The molecular formula is C15H21N. The van der Waals surface area contributed by atoms with Crippen molar-refractivity contribution in [2.45, 2.75) is 38.6 Å². The van der Waals surface area contributed by atoms with Gasteiger partial charge in [0.05, 0.1) is 0 Å². The van der Waals surface area contributed by atoms with E-state index in [-0.39, 0.29) is 0 Å². The number of nitrogens with zero attached hydrogens (tertiary/aromatic N) is 1. The van der Waals surface area contributed by atoms with Crippen molar-refractivity contribution >= 4 is 0 Å². The summed E-state index contributed by atoms with van der Waals surface area (Å²) in [5.41, 5.74) is 3.18. The fraction of sp³-hybridized carbons (Fsp3) is 0.600. The molecule has 1 heteroatoms. The molecule has 1 nitrogen and oxygen atoms in total. The lowest BCUT2D eigenvalue weighted by atomic mass is 9.98. The summed E-state index contributed by atoms with van der Waals surface area (Å²) in [5.74, 6) is 0.900. The van der Waals surface area contributed by atoms with Gasteiger partial charge >= 0.3 is 0 Å². The van der Waals surface area contributed by atoms with Gasteiger partial charge in [0.2, 0.25) is 0 Å². The van der Waals surface area contributed by atoms with Gasteiger partial charge in [0.15, 0.2) is 0 Å². The van der Waals surface area contributed by atoms with E-state index in [0.29, 0.717) is 0 Å². The van der Waals surface area contributed by atoms with E-state index < -0.39 is 0 Å². The van der Waals surface area contributed by atoms with E-state index in [1.165, 1.54) is 38.8 Å². The van der Waals surface area contributed by atoms with Crippen LogP contribution in [0, 0.1) is 5.92 Å². The fourth-order valence-electron chi connectivity index (χ4n) is 3.35. The van der Waals surface area contributed by atoms with Crippen LogP contribution in [0.5, 0.6) is 0 Å². The number of hydrogen-bond donors (Lipinski definition) is 0.